The molecule has 0 aromatic heterocycles. The first-order valence-electron chi connectivity index (χ1n) is 4.55. The summed E-state index contributed by atoms with van der Waals surface area (Å²) in [7, 11) is 0. The van der Waals surface area contributed by atoms with Crippen molar-refractivity contribution >= 4 is 11.9 Å². The number of hydrogen-bond acceptors (Lipinski definition) is 3. The average molecular weight is 206 g/mol. The Kier molecular flexibility index (Phi) is 13.1. The third kappa shape index (κ3) is 22.4. The molecule has 2 N–H and O–H groups in total. The minimum absolute atomic E-state index is 0.0632. The highest BCUT2D eigenvalue weighted by Gasteiger charge is 1.99. The van der Waals surface area contributed by atoms with Crippen molar-refractivity contribution < 1.29 is 24.5 Å². The van der Waals surface area contributed by atoms with Gasteiger partial charge in [-0.1, -0.05) is 0 Å². The average Bonchev–Trinajstić information content (AvgIpc) is 2.05. The molecule has 0 unspecified atom stereocenters. The van der Waals surface area contributed by atoms with Crippen molar-refractivity contribution in [2.24, 2.45) is 0 Å². The highest BCUT2D eigenvalue weighted by molar-refractivity contribution is 5.69. The standard InChI is InChI=1S/C5H8O4.C4H10O/c6-4(7)2-1-3-5(8)9;1-3-5-4-2/h1-3H2,(H,6,7)(H,8,9);3-4H2,1-2H3. The van der Waals surface area contributed by atoms with Crippen molar-refractivity contribution in [2.75, 3.05) is 13.2 Å². The van der Waals surface area contributed by atoms with Gasteiger partial charge in [-0.05, 0) is 20.3 Å². The molecule has 0 aromatic rings. The lowest BCUT2D eigenvalue weighted by Crippen LogP contribution is -1.98. The van der Waals surface area contributed by atoms with Crippen LogP contribution in [0.3, 0.4) is 0 Å². The summed E-state index contributed by atoms with van der Waals surface area (Å²) in [5.41, 5.74) is 0. The summed E-state index contributed by atoms with van der Waals surface area (Å²) in [6, 6.07) is 0. The van der Waals surface area contributed by atoms with Crippen molar-refractivity contribution in [3.8, 4) is 0 Å². The van der Waals surface area contributed by atoms with Crippen molar-refractivity contribution in [1.82, 2.24) is 0 Å². The molecule has 0 fully saturated rings. The van der Waals surface area contributed by atoms with Crippen LogP contribution < -0.4 is 0 Å². The zero-order valence-corrected chi connectivity index (χ0v) is 8.65. The molecular weight excluding hydrogens is 188 g/mol. The number of carboxylic acids is 2. The van der Waals surface area contributed by atoms with Crippen LogP contribution in [0.5, 0.6) is 0 Å². The Morgan fingerprint density at radius 2 is 1.36 bits per heavy atom. The van der Waals surface area contributed by atoms with Gasteiger partial charge in [-0.15, -0.1) is 0 Å². The van der Waals surface area contributed by atoms with Gasteiger partial charge in [0, 0.05) is 26.1 Å². The van der Waals surface area contributed by atoms with E-state index >= 15 is 0 Å². The highest BCUT2D eigenvalue weighted by atomic mass is 16.5. The van der Waals surface area contributed by atoms with E-state index < -0.39 is 11.9 Å². The Morgan fingerprint density at radius 3 is 1.50 bits per heavy atom. The predicted octanol–water partition coefficient (Wildman–Crippen LogP) is 1.37. The Labute approximate surface area is 83.7 Å². The van der Waals surface area contributed by atoms with Crippen LogP contribution in [0.2, 0.25) is 0 Å². The highest BCUT2D eigenvalue weighted by Crippen LogP contribution is 1.93. The molecule has 5 nitrogen and oxygen atoms in total. The fraction of sp³-hybridized carbons (Fsp3) is 0.778. The first kappa shape index (κ1) is 15.4. The van der Waals surface area contributed by atoms with Crippen molar-refractivity contribution in [2.45, 2.75) is 33.1 Å². The third-order valence-electron chi connectivity index (χ3n) is 1.19. The fourth-order valence-corrected chi connectivity index (χ4v) is 0.595. The molecule has 0 bridgehead atoms. The molecular formula is C9H18O5. The van der Waals surface area contributed by atoms with E-state index in [1.807, 2.05) is 13.8 Å². The molecule has 14 heavy (non-hydrogen) atoms. The lowest BCUT2D eigenvalue weighted by atomic mass is 10.2. The summed E-state index contributed by atoms with van der Waals surface area (Å²) >= 11 is 0. The normalized spacial score (nSPS) is 8.71. The second-order valence-electron chi connectivity index (χ2n) is 2.42. The Morgan fingerprint density at radius 1 is 1.00 bits per heavy atom. The quantitative estimate of drug-likeness (QED) is 0.685. The van der Waals surface area contributed by atoms with Crippen LogP contribution in [0.1, 0.15) is 33.1 Å². The van der Waals surface area contributed by atoms with E-state index in [2.05, 4.69) is 0 Å². The number of ether oxygens (including phenoxy) is 1. The first-order valence-corrected chi connectivity index (χ1v) is 4.55. The van der Waals surface area contributed by atoms with Crippen LogP contribution in [0, 0.1) is 0 Å². The van der Waals surface area contributed by atoms with Gasteiger partial charge in [-0.3, -0.25) is 9.59 Å². The molecule has 0 atom stereocenters. The van der Waals surface area contributed by atoms with Crippen LogP contribution in [0.15, 0.2) is 0 Å². The molecule has 0 aliphatic rings. The molecule has 5 heteroatoms. The van der Waals surface area contributed by atoms with Gasteiger partial charge >= 0.3 is 11.9 Å². The topological polar surface area (TPSA) is 83.8 Å². The van der Waals surface area contributed by atoms with Crippen LogP contribution in [0.4, 0.5) is 0 Å². The van der Waals surface area contributed by atoms with Crippen LogP contribution in [-0.2, 0) is 14.3 Å². The summed E-state index contributed by atoms with van der Waals surface area (Å²) in [6.07, 6.45) is 0.0866. The largest absolute Gasteiger partial charge is 0.481 e. The summed E-state index contributed by atoms with van der Waals surface area (Å²) in [4.78, 5) is 19.6. The monoisotopic (exact) mass is 206 g/mol. The molecule has 0 radical (unpaired) electrons. The maximum Gasteiger partial charge on any atom is 0.303 e. The van der Waals surface area contributed by atoms with E-state index in [0.29, 0.717) is 0 Å². The van der Waals surface area contributed by atoms with Gasteiger partial charge < -0.3 is 14.9 Å². The maximum absolute atomic E-state index is 9.79. The minimum atomic E-state index is -0.948. The van der Waals surface area contributed by atoms with E-state index in [-0.39, 0.29) is 19.3 Å². The van der Waals surface area contributed by atoms with Crippen LogP contribution in [0.25, 0.3) is 0 Å². The summed E-state index contributed by atoms with van der Waals surface area (Å²) < 4.78 is 4.83. The van der Waals surface area contributed by atoms with Gasteiger partial charge in [-0.25, -0.2) is 0 Å². The smallest absolute Gasteiger partial charge is 0.303 e. The first-order chi connectivity index (χ1) is 6.54. The second kappa shape index (κ2) is 11.9. The minimum Gasteiger partial charge on any atom is -0.481 e. The lowest BCUT2D eigenvalue weighted by molar-refractivity contribution is -0.138. The summed E-state index contributed by atoms with van der Waals surface area (Å²) in [5, 5.41) is 16.1. The number of aliphatic carboxylic acids is 2. The van der Waals surface area contributed by atoms with Gasteiger partial charge in [0.05, 0.1) is 0 Å². The van der Waals surface area contributed by atoms with Gasteiger partial charge in [0.25, 0.3) is 0 Å². The number of hydrogen-bond donors (Lipinski definition) is 2. The van der Waals surface area contributed by atoms with E-state index in [4.69, 9.17) is 14.9 Å². The van der Waals surface area contributed by atoms with Gasteiger partial charge in [0.2, 0.25) is 0 Å². The zero-order valence-electron chi connectivity index (χ0n) is 8.65. The van der Waals surface area contributed by atoms with Gasteiger partial charge in [-0.2, -0.15) is 0 Å². The molecule has 0 amide bonds. The molecule has 0 saturated carbocycles. The predicted molar refractivity (Wildman–Crippen MR) is 51.3 cm³/mol. The third-order valence-corrected chi connectivity index (χ3v) is 1.19. The zero-order chi connectivity index (χ0) is 11.4. The SMILES string of the molecule is CCOCC.O=C(O)CCCC(=O)O. The molecule has 0 heterocycles. The van der Waals surface area contributed by atoms with E-state index in [1.165, 1.54) is 0 Å². The number of carbonyl (C=O) groups is 2. The van der Waals surface area contributed by atoms with Crippen molar-refractivity contribution in [1.29, 1.82) is 0 Å². The molecule has 0 aliphatic carbocycles. The molecule has 0 spiro atoms. The van der Waals surface area contributed by atoms with E-state index in [1.54, 1.807) is 0 Å². The fourth-order valence-electron chi connectivity index (χ4n) is 0.595. The second-order valence-corrected chi connectivity index (χ2v) is 2.42. The lowest BCUT2D eigenvalue weighted by Gasteiger charge is -1.89. The van der Waals surface area contributed by atoms with Gasteiger partial charge in [0.1, 0.15) is 0 Å². The Bertz CT molecular complexity index is 139. The van der Waals surface area contributed by atoms with Crippen molar-refractivity contribution in [3.05, 3.63) is 0 Å². The molecule has 84 valence electrons. The Balaban J connectivity index is 0. The Hall–Kier alpha value is -1.10. The maximum atomic E-state index is 9.79. The van der Waals surface area contributed by atoms with Crippen molar-refractivity contribution in [3.63, 3.8) is 0 Å². The van der Waals surface area contributed by atoms with Crippen LogP contribution in [-0.4, -0.2) is 35.4 Å². The molecule has 0 aliphatic heterocycles. The number of carboxylic acid groups (broad SMARTS) is 2. The van der Waals surface area contributed by atoms with E-state index in [9.17, 15) is 9.59 Å². The summed E-state index contributed by atoms with van der Waals surface area (Å²) in [5.74, 6) is -1.90. The summed E-state index contributed by atoms with van der Waals surface area (Å²) in [6.45, 7) is 5.67. The van der Waals surface area contributed by atoms with Gasteiger partial charge in [0.15, 0.2) is 0 Å². The molecule has 0 saturated heterocycles. The van der Waals surface area contributed by atoms with Crippen LogP contribution >= 0.6 is 0 Å². The molecule has 0 rings (SSSR count). The number of rotatable bonds is 6. The van der Waals surface area contributed by atoms with E-state index in [0.717, 1.165) is 13.2 Å². The molecule has 0 aromatic carbocycles.